The molecule has 0 atom stereocenters. The molecular formula is C14H22O5. The lowest BCUT2D eigenvalue weighted by Crippen LogP contribution is -2.47. The van der Waals surface area contributed by atoms with E-state index in [1.54, 1.807) is 0 Å². The van der Waals surface area contributed by atoms with Gasteiger partial charge in [0, 0.05) is 10.8 Å². The molecule has 0 aromatic rings. The molecule has 0 aromatic heterocycles. The highest BCUT2D eigenvalue weighted by Crippen LogP contribution is 2.32. The number of hydrogen-bond donors (Lipinski definition) is 0. The van der Waals surface area contributed by atoms with Crippen LogP contribution in [-0.2, 0) is 23.8 Å². The lowest BCUT2D eigenvalue weighted by molar-refractivity contribution is -0.268. The Kier molecular flexibility index (Phi) is 4.87. The van der Waals surface area contributed by atoms with Crippen LogP contribution in [0.5, 0.6) is 0 Å². The number of hydrogen-bond acceptors (Lipinski definition) is 5. The Hall–Kier alpha value is -1.20. The van der Waals surface area contributed by atoms with E-state index < -0.39 is 23.5 Å². The molecule has 5 nitrogen and oxygen atoms in total. The Morgan fingerprint density at radius 3 is 2.37 bits per heavy atom. The number of ketones is 1. The highest BCUT2D eigenvalue weighted by Gasteiger charge is 2.39. The van der Waals surface area contributed by atoms with Crippen LogP contribution in [0.1, 0.15) is 27.7 Å². The highest BCUT2D eigenvalue weighted by molar-refractivity contribution is 6.38. The van der Waals surface area contributed by atoms with Crippen molar-refractivity contribution < 1.29 is 23.8 Å². The van der Waals surface area contributed by atoms with Gasteiger partial charge in [0.15, 0.2) is 6.29 Å². The fourth-order valence-electron chi connectivity index (χ4n) is 1.62. The highest BCUT2D eigenvalue weighted by atomic mass is 16.7. The standard InChI is InChI=1S/C14H22O5/c1-6-10(15)11(16)17-9-14(4,5)12-18-7-13(2,3)8-19-12/h6,12H,1,7-9H2,2-5H3. The van der Waals surface area contributed by atoms with Gasteiger partial charge in [-0.15, -0.1) is 0 Å². The van der Waals surface area contributed by atoms with Gasteiger partial charge in [-0.25, -0.2) is 4.79 Å². The van der Waals surface area contributed by atoms with E-state index in [4.69, 9.17) is 14.2 Å². The monoisotopic (exact) mass is 270 g/mol. The van der Waals surface area contributed by atoms with Crippen molar-refractivity contribution >= 4 is 11.8 Å². The first-order chi connectivity index (χ1) is 8.68. The molecule has 1 aliphatic rings. The van der Waals surface area contributed by atoms with Gasteiger partial charge >= 0.3 is 5.97 Å². The van der Waals surface area contributed by atoms with Crippen molar-refractivity contribution in [2.45, 2.75) is 34.0 Å². The van der Waals surface area contributed by atoms with Crippen LogP contribution < -0.4 is 0 Å². The third-order valence-electron chi connectivity index (χ3n) is 2.85. The van der Waals surface area contributed by atoms with E-state index in [0.717, 1.165) is 6.08 Å². The van der Waals surface area contributed by atoms with Gasteiger partial charge in [-0.05, 0) is 6.08 Å². The molecule has 0 amide bonds. The molecule has 0 aliphatic carbocycles. The van der Waals surface area contributed by atoms with Gasteiger partial charge in [0.05, 0.1) is 13.2 Å². The number of carbonyl (C=O) groups is 2. The minimum absolute atomic E-state index is 0.0118. The van der Waals surface area contributed by atoms with Crippen LogP contribution in [0.4, 0.5) is 0 Å². The van der Waals surface area contributed by atoms with E-state index in [2.05, 4.69) is 20.4 Å². The average Bonchev–Trinajstić information content (AvgIpc) is 2.34. The molecular weight excluding hydrogens is 248 g/mol. The number of rotatable bonds is 5. The summed E-state index contributed by atoms with van der Waals surface area (Å²) in [5.74, 6) is -1.65. The molecule has 0 bridgehead atoms. The molecule has 5 heteroatoms. The average molecular weight is 270 g/mol. The zero-order valence-electron chi connectivity index (χ0n) is 12.0. The van der Waals surface area contributed by atoms with Gasteiger partial charge in [-0.1, -0.05) is 34.3 Å². The molecule has 1 heterocycles. The van der Waals surface area contributed by atoms with E-state index in [0.29, 0.717) is 13.2 Å². The van der Waals surface area contributed by atoms with E-state index in [1.807, 2.05) is 13.8 Å². The van der Waals surface area contributed by atoms with Crippen molar-refractivity contribution in [1.29, 1.82) is 0 Å². The van der Waals surface area contributed by atoms with Gasteiger partial charge < -0.3 is 14.2 Å². The van der Waals surface area contributed by atoms with Crippen LogP contribution in [0.15, 0.2) is 12.7 Å². The summed E-state index contributed by atoms with van der Waals surface area (Å²) in [5, 5.41) is 0. The van der Waals surface area contributed by atoms with E-state index in [9.17, 15) is 9.59 Å². The van der Waals surface area contributed by atoms with Crippen molar-refractivity contribution in [2.75, 3.05) is 19.8 Å². The summed E-state index contributed by atoms with van der Waals surface area (Å²) in [6, 6.07) is 0. The molecule has 1 saturated heterocycles. The molecule has 1 aliphatic heterocycles. The zero-order chi connectivity index (χ0) is 14.7. The quantitative estimate of drug-likeness (QED) is 0.432. The predicted molar refractivity (Wildman–Crippen MR) is 69.4 cm³/mol. The maximum Gasteiger partial charge on any atom is 0.379 e. The third kappa shape index (κ3) is 4.44. The van der Waals surface area contributed by atoms with E-state index in [1.165, 1.54) is 0 Å². The summed E-state index contributed by atoms with van der Waals surface area (Å²) in [7, 11) is 0. The van der Waals surface area contributed by atoms with Crippen LogP contribution >= 0.6 is 0 Å². The van der Waals surface area contributed by atoms with Crippen molar-refractivity contribution in [3.05, 3.63) is 12.7 Å². The molecule has 0 N–H and O–H groups in total. The maximum absolute atomic E-state index is 11.3. The first kappa shape index (κ1) is 15.9. The Morgan fingerprint density at radius 1 is 1.37 bits per heavy atom. The second-order valence-corrected chi connectivity index (χ2v) is 6.25. The maximum atomic E-state index is 11.3. The summed E-state index contributed by atoms with van der Waals surface area (Å²) in [6.07, 6.45) is 0.484. The fraction of sp³-hybridized carbons (Fsp3) is 0.714. The Bertz CT molecular complexity index is 360. The van der Waals surface area contributed by atoms with Gasteiger partial charge in [0.25, 0.3) is 5.78 Å². The first-order valence-corrected chi connectivity index (χ1v) is 6.25. The van der Waals surface area contributed by atoms with Crippen molar-refractivity contribution in [3.8, 4) is 0 Å². The molecule has 0 radical (unpaired) electrons. The zero-order valence-corrected chi connectivity index (χ0v) is 12.0. The first-order valence-electron chi connectivity index (χ1n) is 6.25. The van der Waals surface area contributed by atoms with Crippen molar-refractivity contribution in [1.82, 2.24) is 0 Å². The summed E-state index contributed by atoms with van der Waals surface area (Å²) in [5.41, 5.74) is -0.532. The molecule has 0 unspecified atom stereocenters. The summed E-state index contributed by atoms with van der Waals surface area (Å²) in [6.45, 7) is 12.3. The van der Waals surface area contributed by atoms with Crippen LogP contribution in [0.2, 0.25) is 0 Å². The van der Waals surface area contributed by atoms with Crippen LogP contribution in [-0.4, -0.2) is 37.9 Å². The fourth-order valence-corrected chi connectivity index (χ4v) is 1.62. The van der Waals surface area contributed by atoms with Crippen molar-refractivity contribution in [3.63, 3.8) is 0 Å². The SMILES string of the molecule is C=CC(=O)C(=O)OCC(C)(C)C1OCC(C)(C)CO1. The molecule has 1 fully saturated rings. The lowest BCUT2D eigenvalue weighted by Gasteiger charge is -2.41. The molecule has 108 valence electrons. The second-order valence-electron chi connectivity index (χ2n) is 6.25. The number of esters is 1. The van der Waals surface area contributed by atoms with Gasteiger partial charge in [-0.2, -0.15) is 0 Å². The Labute approximate surface area is 113 Å². The summed E-state index contributed by atoms with van der Waals surface area (Å²) in [4.78, 5) is 22.3. The molecule has 1 rings (SSSR count). The normalized spacial score (nSPS) is 19.8. The van der Waals surface area contributed by atoms with Gasteiger partial charge in [0.2, 0.25) is 0 Å². The molecule has 19 heavy (non-hydrogen) atoms. The summed E-state index contributed by atoms with van der Waals surface area (Å²) >= 11 is 0. The van der Waals surface area contributed by atoms with Crippen LogP contribution in [0.25, 0.3) is 0 Å². The predicted octanol–water partition coefficient (Wildman–Crippen LogP) is 1.71. The van der Waals surface area contributed by atoms with Crippen molar-refractivity contribution in [2.24, 2.45) is 10.8 Å². The lowest BCUT2D eigenvalue weighted by atomic mass is 9.90. The Balaban J connectivity index is 2.50. The number of carbonyl (C=O) groups excluding carboxylic acids is 2. The minimum atomic E-state index is -0.904. The second kappa shape index (κ2) is 5.84. The van der Waals surface area contributed by atoms with Gasteiger partial charge in [-0.3, -0.25) is 4.79 Å². The summed E-state index contributed by atoms with van der Waals surface area (Å²) < 4.78 is 16.3. The topological polar surface area (TPSA) is 61.8 Å². The van der Waals surface area contributed by atoms with Crippen LogP contribution in [0.3, 0.4) is 0 Å². The Morgan fingerprint density at radius 2 is 1.89 bits per heavy atom. The third-order valence-corrected chi connectivity index (χ3v) is 2.85. The molecule has 0 aromatic carbocycles. The van der Waals surface area contributed by atoms with Crippen LogP contribution in [0, 0.1) is 10.8 Å². The minimum Gasteiger partial charge on any atom is -0.459 e. The number of ether oxygens (including phenoxy) is 3. The molecule has 0 spiro atoms. The molecule has 0 saturated carbocycles. The smallest absolute Gasteiger partial charge is 0.379 e. The van der Waals surface area contributed by atoms with E-state index in [-0.39, 0.29) is 12.0 Å². The largest absolute Gasteiger partial charge is 0.459 e. The van der Waals surface area contributed by atoms with E-state index >= 15 is 0 Å². The van der Waals surface area contributed by atoms with Gasteiger partial charge in [0.1, 0.15) is 6.61 Å².